The van der Waals surface area contributed by atoms with Crippen molar-refractivity contribution < 1.29 is 24.5 Å². The molecule has 1 amide bonds. The third kappa shape index (κ3) is 7.83. The minimum Gasteiger partial charge on any atom is -0.546 e. The molecule has 0 fully saturated rings. The number of aromatic nitrogens is 2. The molecule has 0 bridgehead atoms. The summed E-state index contributed by atoms with van der Waals surface area (Å²) in [6.45, 7) is -0.572. The number of carbonyl (C=O) groups is 2. The summed E-state index contributed by atoms with van der Waals surface area (Å²) in [5, 5.41) is 22.3. The lowest BCUT2D eigenvalue weighted by Gasteiger charge is -2.08. The summed E-state index contributed by atoms with van der Waals surface area (Å²) in [4.78, 5) is 22.6. The van der Waals surface area contributed by atoms with E-state index in [-0.39, 0.29) is 11.7 Å². The Labute approximate surface area is 201 Å². The lowest BCUT2D eigenvalue weighted by Crippen LogP contribution is -2.29. The van der Waals surface area contributed by atoms with Crippen LogP contribution in [0.3, 0.4) is 0 Å². The molecule has 0 radical (unpaired) electrons. The van der Waals surface area contributed by atoms with Gasteiger partial charge in [0.2, 0.25) is 4.34 Å². The Kier molecular flexibility index (Phi) is 9.35. The van der Waals surface area contributed by atoms with Gasteiger partial charge in [0.15, 0.2) is 0 Å². The van der Waals surface area contributed by atoms with Crippen molar-refractivity contribution in [2.45, 2.75) is 14.4 Å². The summed E-state index contributed by atoms with van der Waals surface area (Å²) < 4.78 is 6.77. The van der Waals surface area contributed by atoms with E-state index in [0.717, 1.165) is 19.3 Å². The number of para-hydroxylation sites is 1. The third-order valence-electron chi connectivity index (χ3n) is 3.72. The molecule has 0 saturated heterocycles. The number of aliphatic carboxylic acids is 1. The highest BCUT2D eigenvalue weighted by Crippen LogP contribution is 2.30. The lowest BCUT2D eigenvalue weighted by atomic mass is 10.2. The Bertz CT molecular complexity index is 1110. The smallest absolute Gasteiger partial charge is 0.323 e. The van der Waals surface area contributed by atoms with Crippen molar-refractivity contribution in [3.8, 4) is 5.75 Å². The largest absolute Gasteiger partial charge is 0.546 e. The maximum Gasteiger partial charge on any atom is 0.323 e. The molecule has 0 aliphatic heterocycles. The molecule has 0 atom stereocenters. The van der Waals surface area contributed by atoms with Crippen molar-refractivity contribution in [3.63, 3.8) is 0 Å². The van der Waals surface area contributed by atoms with E-state index < -0.39 is 12.6 Å². The fourth-order valence-corrected chi connectivity index (χ4v) is 5.46. The van der Waals surface area contributed by atoms with Gasteiger partial charge in [-0.05, 0) is 46.9 Å². The van der Waals surface area contributed by atoms with Crippen molar-refractivity contribution in [2.75, 3.05) is 12.4 Å². The van der Waals surface area contributed by atoms with Crippen LogP contribution in [-0.4, -0.2) is 35.5 Å². The number of rotatable bonds is 11. The molecule has 32 heavy (non-hydrogen) atoms. The van der Waals surface area contributed by atoms with Crippen LogP contribution in [0.25, 0.3) is 0 Å². The van der Waals surface area contributed by atoms with E-state index in [4.69, 9.17) is 16.3 Å². The quantitative estimate of drug-likeness (QED) is 0.240. The van der Waals surface area contributed by atoms with E-state index in [2.05, 4.69) is 20.7 Å². The molecule has 3 aromatic rings. The first-order valence-electron chi connectivity index (χ1n) is 9.12. The molecule has 0 saturated carbocycles. The van der Waals surface area contributed by atoms with E-state index in [1.807, 2.05) is 24.3 Å². The maximum absolute atomic E-state index is 12.0. The molecule has 8 nitrogen and oxygen atoms in total. The number of amides is 1. The van der Waals surface area contributed by atoms with Crippen LogP contribution in [-0.2, 0) is 15.3 Å². The molecule has 0 aliphatic rings. The molecule has 0 aliphatic carbocycles. The van der Waals surface area contributed by atoms with E-state index in [0.29, 0.717) is 17.1 Å². The fourth-order valence-electron chi connectivity index (χ4n) is 2.29. The van der Waals surface area contributed by atoms with Crippen LogP contribution < -0.4 is 20.4 Å². The summed E-state index contributed by atoms with van der Waals surface area (Å²) in [7, 11) is 0. The Morgan fingerprint density at radius 1 is 1.22 bits per heavy atom. The number of halogens is 1. The number of carbonyl (C=O) groups excluding carboxylic acids is 2. The molecule has 2 N–H and O–H groups in total. The number of hydrazone groups is 1. The van der Waals surface area contributed by atoms with E-state index in [9.17, 15) is 14.7 Å². The minimum absolute atomic E-state index is 0.135. The summed E-state index contributed by atoms with van der Waals surface area (Å²) in [6, 6.07) is 14.4. The first-order chi connectivity index (χ1) is 15.5. The summed E-state index contributed by atoms with van der Waals surface area (Å²) in [5.41, 5.74) is 3.99. The predicted molar refractivity (Wildman–Crippen MR) is 123 cm³/mol. The minimum atomic E-state index is -1.33. The second kappa shape index (κ2) is 12.4. The number of nitrogens with zero attached hydrogens (tertiary/aromatic N) is 2. The molecule has 0 spiro atoms. The number of H-pyrrole nitrogens is 1. The standard InChI is InChI=1S/C20H17ClN4O4S3/c21-15-7-3-1-6-14(15)11-30-19-24-25-20(32-19)31-12-17(26)23-22-9-13-5-2-4-8-16(13)29-10-18(27)28/h1-9H,10-12H2,(H,23,26)(H,27,28)/b22-9+. The van der Waals surface area contributed by atoms with Gasteiger partial charge in [0.1, 0.15) is 12.4 Å². The average molecular weight is 509 g/mol. The maximum atomic E-state index is 12.0. The van der Waals surface area contributed by atoms with E-state index in [1.54, 1.807) is 36.0 Å². The topological polar surface area (TPSA) is 118 Å². The second-order valence-electron chi connectivity index (χ2n) is 6.04. The highest BCUT2D eigenvalue weighted by molar-refractivity contribution is 8.03. The van der Waals surface area contributed by atoms with Gasteiger partial charge in [0, 0.05) is 21.4 Å². The van der Waals surface area contributed by atoms with E-state index >= 15 is 0 Å². The number of thioether (sulfide) groups is 2. The monoisotopic (exact) mass is 508 g/mol. The van der Waals surface area contributed by atoms with Crippen molar-refractivity contribution in [2.24, 2.45) is 5.10 Å². The zero-order valence-corrected chi connectivity index (χ0v) is 19.7. The molecule has 0 unspecified atom stereocenters. The van der Waals surface area contributed by atoms with Gasteiger partial charge in [0.05, 0.1) is 17.9 Å². The average Bonchev–Trinajstić information content (AvgIpc) is 3.24. The number of aromatic amines is 1. The van der Waals surface area contributed by atoms with Gasteiger partial charge in [-0.1, -0.05) is 58.8 Å². The number of nitrogens with one attached hydrogen (secondary N) is 2. The zero-order chi connectivity index (χ0) is 22.8. The van der Waals surface area contributed by atoms with Gasteiger partial charge in [-0.15, -0.1) is 0 Å². The summed E-state index contributed by atoms with van der Waals surface area (Å²) >= 11 is 10.5. The third-order valence-corrected chi connectivity index (χ3v) is 7.39. The van der Waals surface area contributed by atoms with Crippen molar-refractivity contribution >= 4 is 64.6 Å². The predicted octanol–water partition coefficient (Wildman–Crippen LogP) is 2.27. The number of hydrogen-bond donors (Lipinski definition) is 1. The van der Waals surface area contributed by atoms with Crippen LogP contribution >= 0.6 is 46.5 Å². The van der Waals surface area contributed by atoms with Crippen LogP contribution in [0.15, 0.2) is 62.3 Å². The van der Waals surface area contributed by atoms with Gasteiger partial charge in [0.25, 0.3) is 5.91 Å². The first-order valence-corrected chi connectivity index (χ1v) is 12.3. The van der Waals surface area contributed by atoms with Crippen molar-refractivity contribution in [1.29, 1.82) is 0 Å². The molecule has 2 aromatic carbocycles. The molecular weight excluding hydrogens is 492 g/mol. The van der Waals surface area contributed by atoms with Crippen LogP contribution in [0, 0.1) is 0 Å². The van der Waals surface area contributed by atoms with Crippen LogP contribution in [0.2, 0.25) is 5.02 Å². The zero-order valence-electron chi connectivity index (χ0n) is 16.4. The first kappa shape index (κ1) is 24.1. The van der Waals surface area contributed by atoms with Gasteiger partial charge >= 0.3 is 4.34 Å². The van der Waals surface area contributed by atoms with Crippen LogP contribution in [0.5, 0.6) is 5.75 Å². The Morgan fingerprint density at radius 2 is 2.00 bits per heavy atom. The van der Waals surface area contributed by atoms with Gasteiger partial charge in [-0.2, -0.15) is 5.10 Å². The summed E-state index contributed by atoms with van der Waals surface area (Å²) in [6.07, 6.45) is 1.38. The highest BCUT2D eigenvalue weighted by Gasteiger charge is 2.14. The Morgan fingerprint density at radius 3 is 2.81 bits per heavy atom. The van der Waals surface area contributed by atoms with Crippen LogP contribution in [0.1, 0.15) is 11.1 Å². The molecule has 166 valence electrons. The highest BCUT2D eigenvalue weighted by atomic mass is 35.5. The lowest BCUT2D eigenvalue weighted by molar-refractivity contribution is -0.492. The molecule has 3 rings (SSSR count). The van der Waals surface area contributed by atoms with Gasteiger partial charge in [-0.25, -0.2) is 5.43 Å². The van der Waals surface area contributed by atoms with Crippen molar-refractivity contribution in [3.05, 3.63) is 64.7 Å². The van der Waals surface area contributed by atoms with Crippen LogP contribution in [0.4, 0.5) is 0 Å². The molecule has 1 heterocycles. The number of carboxylic acids is 1. The van der Waals surface area contributed by atoms with E-state index in [1.165, 1.54) is 29.3 Å². The second-order valence-corrected chi connectivity index (χ2v) is 9.91. The number of carboxylic acid groups (broad SMARTS) is 1. The van der Waals surface area contributed by atoms with Gasteiger partial charge in [-0.3, -0.25) is 4.79 Å². The number of hydrogen-bond acceptors (Lipinski definition) is 9. The fraction of sp³-hybridized carbons (Fsp3) is 0.150. The van der Waals surface area contributed by atoms with Crippen molar-refractivity contribution in [1.82, 2.24) is 10.5 Å². The SMILES string of the molecule is O=C([O-])COc1ccccc1/C=N/NC(=O)CSc1n[nH+]c(SCc2ccccc2Cl)s1. The Hall–Kier alpha value is -2.60. The summed E-state index contributed by atoms with van der Waals surface area (Å²) in [5.74, 6) is -0.460. The molecule has 1 aromatic heterocycles. The number of ether oxygens (including phenoxy) is 1. The molecular formula is C20H17ClN4O4S3. The Balaban J connectivity index is 1.44. The molecule has 12 heteroatoms. The normalized spacial score (nSPS) is 10.9. The van der Waals surface area contributed by atoms with Gasteiger partial charge < -0.3 is 14.6 Å². The number of benzene rings is 2.